The fourth-order valence-electron chi connectivity index (χ4n) is 4.30. The molecule has 0 unspecified atom stereocenters. The number of aromatic nitrogens is 1. The molecule has 5 nitrogen and oxygen atoms in total. The summed E-state index contributed by atoms with van der Waals surface area (Å²) in [5, 5.41) is 2.74. The normalized spacial score (nSPS) is 15.5. The van der Waals surface area contributed by atoms with Gasteiger partial charge in [0.05, 0.1) is 22.4 Å². The van der Waals surface area contributed by atoms with Crippen molar-refractivity contribution in [1.82, 2.24) is 4.98 Å². The zero-order valence-corrected chi connectivity index (χ0v) is 22.1. The Morgan fingerprint density at radius 2 is 1.68 bits per heavy atom. The number of rotatable bonds is 7. The van der Waals surface area contributed by atoms with Crippen LogP contribution in [-0.2, 0) is 21.7 Å². The number of ether oxygens (including phenoxy) is 1. The van der Waals surface area contributed by atoms with E-state index >= 15 is 0 Å². The van der Waals surface area contributed by atoms with Crippen LogP contribution in [0.2, 0.25) is 0 Å². The molecule has 1 aliphatic heterocycles. The van der Waals surface area contributed by atoms with Crippen molar-refractivity contribution in [2.24, 2.45) is 0 Å². The molecule has 1 fully saturated rings. The summed E-state index contributed by atoms with van der Waals surface area (Å²) in [5.41, 5.74) is 3.39. The lowest BCUT2D eigenvalue weighted by Crippen LogP contribution is -2.39. The summed E-state index contributed by atoms with van der Waals surface area (Å²) in [6, 6.07) is 15.6. The van der Waals surface area contributed by atoms with Crippen LogP contribution in [0.1, 0.15) is 57.4 Å². The van der Waals surface area contributed by atoms with Crippen molar-refractivity contribution in [2.45, 2.75) is 62.5 Å². The predicted molar refractivity (Wildman–Crippen MR) is 140 cm³/mol. The minimum Gasteiger partial charge on any atom is -0.494 e. The Bertz CT molecular complexity index is 1190. The van der Waals surface area contributed by atoms with Gasteiger partial charge in [-0.3, -0.25) is 0 Å². The Kier molecular flexibility index (Phi) is 7.33. The highest BCUT2D eigenvalue weighted by atomic mass is 32.2. The lowest BCUT2D eigenvalue weighted by molar-refractivity contribution is 0.340. The van der Waals surface area contributed by atoms with Crippen LogP contribution in [0.3, 0.4) is 0 Å². The van der Waals surface area contributed by atoms with Crippen molar-refractivity contribution in [3.8, 4) is 5.75 Å². The van der Waals surface area contributed by atoms with E-state index in [9.17, 15) is 8.42 Å². The molecule has 2 aromatic carbocycles. The highest BCUT2D eigenvalue weighted by Gasteiger charge is 2.32. The molecule has 0 radical (unpaired) electrons. The van der Waals surface area contributed by atoms with Crippen LogP contribution in [0.15, 0.2) is 58.8 Å². The molecule has 0 bridgehead atoms. The molecule has 0 saturated carbocycles. The minimum absolute atomic E-state index is 0.00706. The largest absolute Gasteiger partial charge is 0.494 e. The molecule has 4 rings (SSSR count). The summed E-state index contributed by atoms with van der Waals surface area (Å²) < 4.78 is 32.0. The van der Waals surface area contributed by atoms with Crippen molar-refractivity contribution in [3.63, 3.8) is 0 Å². The van der Waals surface area contributed by atoms with Crippen molar-refractivity contribution >= 4 is 26.3 Å². The molecule has 0 amide bonds. The van der Waals surface area contributed by atoms with Crippen molar-refractivity contribution in [2.75, 3.05) is 24.6 Å². The van der Waals surface area contributed by atoms with Crippen molar-refractivity contribution in [3.05, 3.63) is 70.7 Å². The van der Waals surface area contributed by atoms with E-state index in [1.165, 1.54) is 5.56 Å². The van der Waals surface area contributed by atoms with Gasteiger partial charge < -0.3 is 9.64 Å². The number of sulfone groups is 1. The molecular weight excluding hydrogens is 464 g/mol. The quantitative estimate of drug-likeness (QED) is 0.408. The van der Waals surface area contributed by atoms with Gasteiger partial charge in [0.25, 0.3) is 0 Å². The predicted octanol–water partition coefficient (Wildman–Crippen LogP) is 5.87. The number of anilines is 1. The molecule has 1 aromatic heterocycles. The summed E-state index contributed by atoms with van der Waals surface area (Å²) in [4.78, 5) is 7.49. The van der Waals surface area contributed by atoms with Crippen LogP contribution in [0.5, 0.6) is 5.75 Å². The van der Waals surface area contributed by atoms with E-state index in [2.05, 4.69) is 43.2 Å². The molecule has 182 valence electrons. The van der Waals surface area contributed by atoms with Crippen LogP contribution in [0.4, 0.5) is 5.13 Å². The summed E-state index contributed by atoms with van der Waals surface area (Å²) in [6.45, 7) is 10.5. The van der Waals surface area contributed by atoms with Crippen LogP contribution < -0.4 is 9.64 Å². The molecule has 0 atom stereocenters. The van der Waals surface area contributed by atoms with Gasteiger partial charge in [-0.15, -0.1) is 11.3 Å². The number of hydrogen-bond acceptors (Lipinski definition) is 6. The second kappa shape index (κ2) is 10.1. The number of nitrogens with zero attached hydrogens (tertiary/aromatic N) is 2. The van der Waals surface area contributed by atoms with E-state index in [0.29, 0.717) is 37.4 Å². The zero-order valence-electron chi connectivity index (χ0n) is 20.5. The van der Waals surface area contributed by atoms with E-state index < -0.39 is 9.84 Å². The fourth-order valence-corrected chi connectivity index (χ4v) is 6.91. The molecule has 2 heterocycles. The average Bonchev–Trinajstić information content (AvgIpc) is 3.29. The van der Waals surface area contributed by atoms with Crippen LogP contribution in [-0.4, -0.2) is 38.3 Å². The lowest BCUT2D eigenvalue weighted by Gasteiger charge is -2.31. The van der Waals surface area contributed by atoms with Gasteiger partial charge in [-0.25, -0.2) is 13.4 Å². The maximum absolute atomic E-state index is 13.2. The van der Waals surface area contributed by atoms with Gasteiger partial charge in [0.2, 0.25) is 0 Å². The fraction of sp³-hybridized carbons (Fsp3) is 0.444. The van der Waals surface area contributed by atoms with Gasteiger partial charge in [0, 0.05) is 24.9 Å². The van der Waals surface area contributed by atoms with Gasteiger partial charge in [-0.05, 0) is 60.6 Å². The molecule has 0 N–H and O–H groups in total. The Labute approximate surface area is 207 Å². The number of hydrogen-bond donors (Lipinski definition) is 0. The topological polar surface area (TPSA) is 59.5 Å². The third kappa shape index (κ3) is 5.63. The average molecular weight is 499 g/mol. The molecule has 0 aliphatic carbocycles. The molecule has 7 heteroatoms. The first kappa shape index (κ1) is 24.7. The first-order valence-corrected chi connectivity index (χ1v) is 14.3. The van der Waals surface area contributed by atoms with E-state index in [0.717, 1.165) is 28.6 Å². The van der Waals surface area contributed by atoms with E-state index in [1.54, 1.807) is 23.5 Å². The summed E-state index contributed by atoms with van der Waals surface area (Å²) in [5.74, 6) is 0.883. The van der Waals surface area contributed by atoms with Gasteiger partial charge in [0.1, 0.15) is 5.75 Å². The maximum Gasteiger partial charge on any atom is 0.185 e. The van der Waals surface area contributed by atoms with Crippen molar-refractivity contribution in [1.29, 1.82) is 0 Å². The molecule has 1 aliphatic rings. The Morgan fingerprint density at radius 3 is 2.26 bits per heavy atom. The highest BCUT2D eigenvalue weighted by Crippen LogP contribution is 2.31. The third-order valence-corrected chi connectivity index (χ3v) is 9.59. The van der Waals surface area contributed by atoms with Crippen LogP contribution >= 0.6 is 11.3 Å². The lowest BCUT2D eigenvalue weighted by atomic mass is 9.87. The van der Waals surface area contributed by atoms with Crippen LogP contribution in [0, 0.1) is 0 Å². The second-order valence-electron chi connectivity index (χ2n) is 9.88. The SMILES string of the molecule is CCOc1ccc(Cc2csc(N3CCC(S(=O)(=O)c4ccc(C(C)(C)C)cc4)CC3)n2)cc1. The van der Waals surface area contributed by atoms with Gasteiger partial charge in [0.15, 0.2) is 15.0 Å². The smallest absolute Gasteiger partial charge is 0.185 e. The highest BCUT2D eigenvalue weighted by molar-refractivity contribution is 7.92. The summed E-state index contributed by atoms with van der Waals surface area (Å²) in [7, 11) is -3.33. The third-order valence-electron chi connectivity index (χ3n) is 6.36. The summed E-state index contributed by atoms with van der Waals surface area (Å²) in [6.07, 6.45) is 2.02. The molecule has 0 spiro atoms. The Morgan fingerprint density at radius 1 is 1.03 bits per heavy atom. The van der Waals surface area contributed by atoms with E-state index in [4.69, 9.17) is 9.72 Å². The first-order chi connectivity index (χ1) is 16.2. The first-order valence-electron chi connectivity index (χ1n) is 11.9. The van der Waals surface area contributed by atoms with Gasteiger partial charge in [-0.2, -0.15) is 0 Å². The summed E-state index contributed by atoms with van der Waals surface area (Å²) >= 11 is 1.64. The van der Waals surface area contributed by atoms with E-state index in [-0.39, 0.29) is 10.7 Å². The molecule has 1 saturated heterocycles. The van der Waals surface area contributed by atoms with Gasteiger partial charge >= 0.3 is 0 Å². The Balaban J connectivity index is 1.36. The maximum atomic E-state index is 13.2. The van der Waals surface area contributed by atoms with Crippen LogP contribution in [0.25, 0.3) is 0 Å². The number of benzene rings is 2. The second-order valence-corrected chi connectivity index (χ2v) is 12.9. The standard InChI is InChI=1S/C27H34N2O3S2/c1-5-32-23-10-6-20(7-11-23)18-22-19-33-26(28-22)29-16-14-25(15-17-29)34(30,31)24-12-8-21(9-13-24)27(2,3)4/h6-13,19,25H,5,14-18H2,1-4H3. The zero-order chi connectivity index (χ0) is 24.3. The Hall–Kier alpha value is -2.38. The van der Waals surface area contributed by atoms with Gasteiger partial charge in [-0.1, -0.05) is 45.0 Å². The van der Waals surface area contributed by atoms with Crippen molar-refractivity contribution < 1.29 is 13.2 Å². The molecule has 34 heavy (non-hydrogen) atoms. The number of thiazole rings is 1. The molecular formula is C27H34N2O3S2. The number of piperidine rings is 1. The molecule has 3 aromatic rings. The monoisotopic (exact) mass is 498 g/mol. The van der Waals surface area contributed by atoms with E-state index in [1.807, 2.05) is 31.2 Å². The minimum atomic E-state index is -3.33.